The third kappa shape index (κ3) is 9.21. The average Bonchev–Trinajstić information content (AvgIpc) is 3.80. The Labute approximate surface area is 392 Å². The molecule has 10 rings (SSSR count). The molecule has 2 N–H and O–H groups in total. The quantitative estimate of drug-likeness (QED) is 0.126. The smallest absolute Gasteiger partial charge is 0.260 e. The van der Waals surface area contributed by atoms with Gasteiger partial charge in [-0.25, -0.2) is 28.7 Å². The van der Waals surface area contributed by atoms with Crippen LogP contribution in [0.15, 0.2) is 134 Å². The summed E-state index contributed by atoms with van der Waals surface area (Å²) in [4.78, 5) is 47.0. The number of aliphatic hydroxyl groups excluding tert-OH is 1. The molecule has 17 heteroatoms. The number of ether oxygens (including phenoxy) is 3. The van der Waals surface area contributed by atoms with Gasteiger partial charge in [-0.1, -0.05) is 84.9 Å². The van der Waals surface area contributed by atoms with Crippen molar-refractivity contribution in [3.63, 3.8) is 0 Å². The van der Waals surface area contributed by atoms with Crippen LogP contribution in [0.2, 0.25) is 0 Å². The molecule has 0 fully saturated rings. The highest BCUT2D eigenvalue weighted by Crippen LogP contribution is 2.49. The number of aromatic nitrogens is 4. The molecule has 2 amide bonds. The van der Waals surface area contributed by atoms with Crippen molar-refractivity contribution in [2.24, 2.45) is 0 Å². The van der Waals surface area contributed by atoms with Crippen molar-refractivity contribution in [3.8, 4) is 23.0 Å². The lowest BCUT2D eigenvalue weighted by molar-refractivity contribution is 0.0129. The zero-order chi connectivity index (χ0) is 47.2. The maximum Gasteiger partial charge on any atom is 0.260 e. The maximum atomic E-state index is 14.0. The van der Waals surface area contributed by atoms with Gasteiger partial charge in [0.05, 0.1) is 42.8 Å². The van der Waals surface area contributed by atoms with Gasteiger partial charge in [-0.3, -0.25) is 9.59 Å². The van der Waals surface area contributed by atoms with Crippen molar-refractivity contribution in [2.75, 3.05) is 19.6 Å². The van der Waals surface area contributed by atoms with Crippen LogP contribution in [0, 0.1) is 11.6 Å². The summed E-state index contributed by atoms with van der Waals surface area (Å²) in [6.07, 6.45) is 4.08. The highest BCUT2D eigenvalue weighted by atomic mass is 35.5. The number of fused-ring (bicyclic) bond motifs is 4. The van der Waals surface area contributed by atoms with Gasteiger partial charge in [0.15, 0.2) is 29.2 Å². The number of amides is 2. The number of carbonyl (C=O) groups is 2. The number of rotatable bonds is 10. The van der Waals surface area contributed by atoms with Gasteiger partial charge in [0.25, 0.3) is 11.8 Å². The van der Waals surface area contributed by atoms with E-state index in [1.165, 1.54) is 68.2 Å². The van der Waals surface area contributed by atoms with Crippen LogP contribution >= 0.6 is 23.2 Å². The van der Waals surface area contributed by atoms with E-state index in [0.29, 0.717) is 40.0 Å². The lowest BCUT2D eigenvalue weighted by Gasteiger charge is -2.23. The Bertz CT molecular complexity index is 3030. The number of nitrogens with zero attached hydrogens (tertiary/aromatic N) is 6. The minimum absolute atomic E-state index is 0.0511. The van der Waals surface area contributed by atoms with E-state index in [1.54, 1.807) is 29.2 Å². The van der Waals surface area contributed by atoms with Crippen LogP contribution in [0.5, 0.6) is 23.0 Å². The first-order valence-corrected chi connectivity index (χ1v) is 21.7. The Morgan fingerprint density at radius 1 is 0.642 bits per heavy atom. The van der Waals surface area contributed by atoms with Gasteiger partial charge in [-0.15, -0.1) is 23.2 Å². The molecule has 0 saturated carbocycles. The summed E-state index contributed by atoms with van der Waals surface area (Å²) < 4.78 is 44.4. The first kappa shape index (κ1) is 46.1. The molecule has 2 aliphatic heterocycles. The predicted molar refractivity (Wildman–Crippen MR) is 247 cm³/mol. The first-order chi connectivity index (χ1) is 32.6. The molecule has 67 heavy (non-hydrogen) atoms. The van der Waals surface area contributed by atoms with Crippen LogP contribution in [-0.4, -0.2) is 71.3 Å². The summed E-state index contributed by atoms with van der Waals surface area (Å²) >= 11 is 9.53. The molecule has 0 aliphatic carbocycles. The maximum absolute atomic E-state index is 14.0. The van der Waals surface area contributed by atoms with Crippen molar-refractivity contribution >= 4 is 57.1 Å². The molecule has 0 saturated heterocycles. The topological polar surface area (TPSA) is 160 Å². The summed E-state index contributed by atoms with van der Waals surface area (Å²) in [6.45, 7) is 0.623. The average molecular weight is 946 g/mol. The van der Waals surface area contributed by atoms with Gasteiger partial charge in [-0.2, -0.15) is 0 Å². The van der Waals surface area contributed by atoms with E-state index in [-0.39, 0.29) is 75.4 Å². The zero-order valence-corrected chi connectivity index (χ0v) is 37.3. The standard InChI is InChI=1S/C31H24FN3O4.C18H14FN3O3.CH2Cl2/c1-38-28-23-24(31(37)35(30(23)36)18-19-12-14-22(32)15-13-19)29(26-25(28)33-16-17-34-26)39-27(20-8-4-2-5-9-20)21-10-6-3-7-11-21;1-25-17-12-9-22(8-10-2-4-11(19)5-3-10)18(24)13(12)16(23)14-15(17)21-7-6-20-14;2-1-3/h2-17,27,30,36H,18H2,1H3;2-7,23H,8-9H2,1H3;1H2. The van der Waals surface area contributed by atoms with Crippen LogP contribution in [0.4, 0.5) is 8.78 Å². The highest BCUT2D eigenvalue weighted by molar-refractivity contribution is 6.40. The second-order valence-corrected chi connectivity index (χ2v) is 15.8. The highest BCUT2D eigenvalue weighted by Gasteiger charge is 2.44. The normalized spacial score (nSPS) is 13.8. The van der Waals surface area contributed by atoms with Crippen LogP contribution < -0.4 is 14.2 Å². The van der Waals surface area contributed by atoms with Crippen molar-refractivity contribution in [3.05, 3.63) is 190 Å². The number of hydrogen-bond donors (Lipinski definition) is 2. The molecule has 4 heterocycles. The minimum atomic E-state index is -1.34. The van der Waals surface area contributed by atoms with Crippen molar-refractivity contribution in [1.29, 1.82) is 0 Å². The van der Waals surface area contributed by atoms with E-state index in [1.807, 2.05) is 60.7 Å². The first-order valence-electron chi connectivity index (χ1n) is 20.6. The van der Waals surface area contributed by atoms with Crippen LogP contribution in [0.1, 0.15) is 66.4 Å². The summed E-state index contributed by atoms with van der Waals surface area (Å²) in [6, 6.07) is 31.1. The molecule has 8 aromatic rings. The summed E-state index contributed by atoms with van der Waals surface area (Å²) in [5.74, 6) is -0.788. The van der Waals surface area contributed by atoms with Gasteiger partial charge in [0.2, 0.25) is 0 Å². The second kappa shape index (κ2) is 20.4. The lowest BCUT2D eigenvalue weighted by Crippen LogP contribution is -2.27. The molecular formula is C50H40Cl2F2N6O7. The Kier molecular flexibility index (Phi) is 14.0. The molecule has 2 aromatic heterocycles. The number of aromatic hydroxyl groups is 1. The van der Waals surface area contributed by atoms with E-state index in [0.717, 1.165) is 16.7 Å². The Balaban J connectivity index is 0.000000187. The molecule has 1 unspecified atom stereocenters. The number of phenolic OH excluding ortho intramolecular Hbond substituents is 1. The summed E-state index contributed by atoms with van der Waals surface area (Å²) in [5.41, 5.74) is 5.74. The fourth-order valence-corrected chi connectivity index (χ4v) is 8.14. The molecule has 1 atom stereocenters. The van der Waals surface area contributed by atoms with Crippen molar-refractivity contribution < 1.29 is 42.8 Å². The Morgan fingerprint density at radius 3 is 1.61 bits per heavy atom. The van der Waals surface area contributed by atoms with Crippen molar-refractivity contribution in [1.82, 2.24) is 29.7 Å². The van der Waals surface area contributed by atoms with Gasteiger partial charge < -0.3 is 34.2 Å². The summed E-state index contributed by atoms with van der Waals surface area (Å²) in [7, 11) is 2.95. The predicted octanol–water partition coefficient (Wildman–Crippen LogP) is 9.65. The number of methoxy groups -OCH3 is 2. The van der Waals surface area contributed by atoms with E-state index in [4.69, 9.17) is 37.4 Å². The Hall–Kier alpha value is -7.46. The van der Waals surface area contributed by atoms with Crippen molar-refractivity contribution in [2.45, 2.75) is 32.0 Å². The molecular weight excluding hydrogens is 905 g/mol. The van der Waals surface area contributed by atoms with Gasteiger partial charge >= 0.3 is 0 Å². The van der Waals surface area contributed by atoms with Gasteiger partial charge in [0, 0.05) is 43.4 Å². The third-order valence-corrected chi connectivity index (χ3v) is 11.1. The lowest BCUT2D eigenvalue weighted by atomic mass is 10.00. The van der Waals surface area contributed by atoms with Gasteiger partial charge in [0.1, 0.15) is 39.8 Å². The van der Waals surface area contributed by atoms with E-state index in [2.05, 4.69) is 19.9 Å². The SMILES string of the molecule is COc1c2c(c(O)c3nccnc13)C(=O)N(Cc1ccc(F)cc1)C2.COc1c2c(c(OC(c3ccccc3)c3ccccc3)c3nccnc13)C(=O)N(Cc1ccc(F)cc1)C2O.ClCCl. The Morgan fingerprint density at radius 2 is 1.10 bits per heavy atom. The minimum Gasteiger partial charge on any atom is -0.505 e. The van der Waals surface area contributed by atoms with Crippen LogP contribution in [-0.2, 0) is 19.6 Å². The number of aliphatic hydroxyl groups is 1. The van der Waals surface area contributed by atoms with E-state index in [9.17, 15) is 28.6 Å². The molecule has 340 valence electrons. The van der Waals surface area contributed by atoms with E-state index < -0.39 is 18.2 Å². The monoisotopic (exact) mass is 944 g/mol. The largest absolute Gasteiger partial charge is 0.505 e. The second-order valence-electron chi connectivity index (χ2n) is 15.0. The third-order valence-electron chi connectivity index (χ3n) is 11.1. The molecule has 2 aliphatic rings. The number of phenols is 1. The number of hydrogen-bond acceptors (Lipinski definition) is 11. The fraction of sp³-hybridized carbons (Fsp3) is 0.160. The molecule has 6 aromatic carbocycles. The zero-order valence-electron chi connectivity index (χ0n) is 35.8. The molecule has 0 spiro atoms. The van der Waals surface area contributed by atoms with Gasteiger partial charge in [-0.05, 0) is 46.5 Å². The molecule has 0 radical (unpaired) electrons. The van der Waals surface area contributed by atoms with E-state index >= 15 is 0 Å². The van der Waals surface area contributed by atoms with Crippen LogP contribution in [0.3, 0.4) is 0 Å². The fourth-order valence-electron chi connectivity index (χ4n) is 8.14. The molecule has 0 bridgehead atoms. The van der Waals surface area contributed by atoms with Crippen LogP contribution in [0.25, 0.3) is 22.1 Å². The molecule has 13 nitrogen and oxygen atoms in total. The number of alkyl halides is 2. The number of benzene rings is 6. The summed E-state index contributed by atoms with van der Waals surface area (Å²) in [5, 5.41) is 22.2. The number of carbonyl (C=O) groups excluding carboxylic acids is 2. The number of halogens is 4.